The second-order valence-electron chi connectivity index (χ2n) is 6.80. The van der Waals surface area contributed by atoms with E-state index in [0.29, 0.717) is 0 Å². The highest BCUT2D eigenvalue weighted by molar-refractivity contribution is 4.59. The number of hydrogen-bond acceptors (Lipinski definition) is 0. The maximum Gasteiger partial charge on any atom is 0.347 e. The van der Waals surface area contributed by atoms with Gasteiger partial charge in [0.05, 0.1) is 49.3 Å². The Morgan fingerprint density at radius 2 is 1.14 bits per heavy atom. The summed E-state index contributed by atoms with van der Waals surface area (Å²) < 4.78 is 3.21. The zero-order valence-electron chi connectivity index (χ0n) is 11.3. The molecule has 0 radical (unpaired) electrons. The van der Waals surface area contributed by atoms with E-state index in [-0.39, 0.29) is 5.79 Å². The van der Waals surface area contributed by atoms with Crippen molar-refractivity contribution >= 4 is 0 Å². The summed E-state index contributed by atoms with van der Waals surface area (Å²) in [6.45, 7) is 4.94. The predicted molar refractivity (Wildman–Crippen MR) is 60.4 cm³/mol. The van der Waals surface area contributed by atoms with E-state index < -0.39 is 0 Å². The lowest BCUT2D eigenvalue weighted by Crippen LogP contribution is -2.78. The zero-order valence-corrected chi connectivity index (χ0v) is 11.3. The molecule has 1 rings (SSSR count). The Morgan fingerprint density at radius 3 is 1.29 bits per heavy atom. The molecule has 1 heterocycles. The van der Waals surface area contributed by atoms with Crippen LogP contribution in [-0.4, -0.2) is 81.7 Å². The lowest BCUT2D eigenvalue weighted by molar-refractivity contribution is -1.26. The molecule has 0 bridgehead atoms. The summed E-state index contributed by atoms with van der Waals surface area (Å²) in [5.74, 6) is 0.236. The third-order valence-electron chi connectivity index (χ3n) is 4.78. The molecule has 0 aromatic rings. The van der Waals surface area contributed by atoms with E-state index in [9.17, 15) is 0 Å². The number of hydrogen-bond donors (Lipinski definition) is 0. The number of likely N-dealkylation sites (N-methyl/N-ethyl adjacent to an activating group) is 2. The Morgan fingerprint density at radius 1 is 0.857 bits per heavy atom. The zero-order chi connectivity index (χ0) is 11.4. The van der Waals surface area contributed by atoms with Crippen molar-refractivity contribution in [1.29, 1.82) is 0 Å². The molecule has 1 fully saturated rings. The SMILES string of the molecule is CC1([N+](C)(C)C)[N+](C)(C)CC[N+]1(C)C. The molecule has 1 aliphatic heterocycles. The topological polar surface area (TPSA) is 0 Å². The Balaban J connectivity index is 3.27. The van der Waals surface area contributed by atoms with E-state index >= 15 is 0 Å². The smallest absolute Gasteiger partial charge is 0.230 e. The summed E-state index contributed by atoms with van der Waals surface area (Å²) in [7, 11) is 16.4. The van der Waals surface area contributed by atoms with Crippen LogP contribution in [0.4, 0.5) is 0 Å². The van der Waals surface area contributed by atoms with Gasteiger partial charge in [-0.05, 0) is 0 Å². The van der Waals surface area contributed by atoms with E-state index in [0.717, 1.165) is 13.4 Å². The van der Waals surface area contributed by atoms with Crippen LogP contribution >= 0.6 is 0 Å². The highest BCUT2D eigenvalue weighted by Gasteiger charge is 2.68. The Kier molecular flexibility index (Phi) is 2.32. The molecule has 3 heteroatoms. The summed E-state index contributed by atoms with van der Waals surface area (Å²) >= 11 is 0. The maximum atomic E-state index is 2.42. The maximum absolute atomic E-state index is 2.42. The van der Waals surface area contributed by atoms with Gasteiger partial charge < -0.3 is 0 Å². The molecule has 1 aliphatic rings. The summed E-state index contributed by atoms with van der Waals surface area (Å²) in [5.41, 5.74) is 0. The largest absolute Gasteiger partial charge is 0.347 e. The average molecular weight is 202 g/mol. The first-order valence-corrected chi connectivity index (χ1v) is 5.43. The number of nitrogens with zero attached hydrogens (tertiary/aromatic N) is 3. The summed E-state index contributed by atoms with van der Waals surface area (Å²) in [6.07, 6.45) is 0. The standard InChI is InChI=1S/C11H28N3/c1-11(12(2,3)4)13(5,6)9-10-14(11,7)8/h9-10H2,1-8H3/q+3. The van der Waals surface area contributed by atoms with Gasteiger partial charge in [-0.3, -0.25) is 0 Å². The number of quaternary nitrogens is 3. The Labute approximate surface area is 89.3 Å². The van der Waals surface area contributed by atoms with Gasteiger partial charge in [0.1, 0.15) is 20.0 Å². The van der Waals surface area contributed by atoms with Crippen molar-refractivity contribution in [1.82, 2.24) is 0 Å². The van der Waals surface area contributed by atoms with Crippen molar-refractivity contribution in [2.24, 2.45) is 0 Å². The fraction of sp³-hybridized carbons (Fsp3) is 1.00. The Hall–Kier alpha value is -0.120. The van der Waals surface area contributed by atoms with Gasteiger partial charge in [-0.2, -0.15) is 0 Å². The van der Waals surface area contributed by atoms with Crippen LogP contribution in [0.5, 0.6) is 0 Å². The van der Waals surface area contributed by atoms with Gasteiger partial charge in [-0.25, -0.2) is 13.4 Å². The fourth-order valence-electron chi connectivity index (χ4n) is 3.28. The molecule has 0 atom stereocenters. The van der Waals surface area contributed by atoms with Gasteiger partial charge in [0.15, 0.2) is 0 Å². The molecule has 0 saturated carbocycles. The van der Waals surface area contributed by atoms with E-state index in [2.05, 4.69) is 56.3 Å². The molecule has 0 N–H and O–H groups in total. The molecule has 0 aliphatic carbocycles. The molecule has 0 amide bonds. The highest BCUT2D eigenvalue weighted by Crippen LogP contribution is 2.39. The molecule has 0 spiro atoms. The minimum atomic E-state index is 0.236. The third kappa shape index (κ3) is 1.23. The van der Waals surface area contributed by atoms with Crippen molar-refractivity contribution < 1.29 is 13.4 Å². The van der Waals surface area contributed by atoms with Crippen LogP contribution in [-0.2, 0) is 0 Å². The van der Waals surface area contributed by atoms with E-state index in [1.165, 1.54) is 13.1 Å². The van der Waals surface area contributed by atoms with Gasteiger partial charge in [0.25, 0.3) is 0 Å². The summed E-state index contributed by atoms with van der Waals surface area (Å²) in [6, 6.07) is 0. The lowest BCUT2D eigenvalue weighted by Gasteiger charge is -2.52. The van der Waals surface area contributed by atoms with Crippen molar-refractivity contribution in [3.63, 3.8) is 0 Å². The van der Waals surface area contributed by atoms with E-state index in [1.54, 1.807) is 0 Å². The van der Waals surface area contributed by atoms with Crippen LogP contribution in [0.15, 0.2) is 0 Å². The van der Waals surface area contributed by atoms with Gasteiger partial charge in [-0.1, -0.05) is 0 Å². The van der Waals surface area contributed by atoms with Gasteiger partial charge in [0, 0.05) is 0 Å². The van der Waals surface area contributed by atoms with Crippen LogP contribution < -0.4 is 0 Å². The van der Waals surface area contributed by atoms with Crippen LogP contribution in [0.3, 0.4) is 0 Å². The van der Waals surface area contributed by atoms with Crippen LogP contribution in [0.25, 0.3) is 0 Å². The second-order valence-corrected chi connectivity index (χ2v) is 6.80. The van der Waals surface area contributed by atoms with Crippen molar-refractivity contribution in [2.75, 3.05) is 62.4 Å². The first-order valence-electron chi connectivity index (χ1n) is 5.43. The molecule has 0 aromatic carbocycles. The van der Waals surface area contributed by atoms with Crippen LogP contribution in [0.2, 0.25) is 0 Å². The van der Waals surface area contributed by atoms with Crippen molar-refractivity contribution in [3.05, 3.63) is 0 Å². The quantitative estimate of drug-likeness (QED) is 0.544. The average Bonchev–Trinajstić information content (AvgIpc) is 2.11. The normalized spacial score (nSPS) is 29.1. The molecule has 0 unspecified atom stereocenters. The molecular formula is C11H28N3+3. The summed E-state index contributed by atoms with van der Waals surface area (Å²) in [4.78, 5) is 0. The first-order chi connectivity index (χ1) is 5.96. The van der Waals surface area contributed by atoms with Gasteiger partial charge >= 0.3 is 5.79 Å². The van der Waals surface area contributed by atoms with Gasteiger partial charge in [-0.15, -0.1) is 0 Å². The first kappa shape index (κ1) is 12.0. The highest BCUT2D eigenvalue weighted by atomic mass is 15.8. The molecule has 3 nitrogen and oxygen atoms in total. The monoisotopic (exact) mass is 202 g/mol. The third-order valence-corrected chi connectivity index (χ3v) is 4.78. The van der Waals surface area contributed by atoms with Crippen molar-refractivity contribution in [2.45, 2.75) is 12.7 Å². The lowest BCUT2D eigenvalue weighted by atomic mass is 10.2. The fourth-order valence-corrected chi connectivity index (χ4v) is 3.28. The van der Waals surface area contributed by atoms with E-state index in [1.807, 2.05) is 0 Å². The minimum absolute atomic E-state index is 0.236. The van der Waals surface area contributed by atoms with Crippen LogP contribution in [0, 0.1) is 0 Å². The minimum Gasteiger partial charge on any atom is -0.230 e. The molecule has 14 heavy (non-hydrogen) atoms. The molecule has 0 aromatic heterocycles. The predicted octanol–water partition coefficient (Wildman–Crippen LogP) is 0.533. The molecular weight excluding hydrogens is 174 g/mol. The summed E-state index contributed by atoms with van der Waals surface area (Å²) in [5, 5.41) is 0. The Bertz CT molecular complexity index is 219. The molecule has 84 valence electrons. The number of rotatable bonds is 1. The van der Waals surface area contributed by atoms with Crippen molar-refractivity contribution in [3.8, 4) is 0 Å². The van der Waals surface area contributed by atoms with Crippen LogP contribution in [0.1, 0.15) is 6.92 Å². The molecule has 1 saturated heterocycles. The van der Waals surface area contributed by atoms with Gasteiger partial charge in [0.2, 0.25) is 0 Å². The van der Waals surface area contributed by atoms with E-state index in [4.69, 9.17) is 0 Å². The second kappa shape index (κ2) is 2.71.